The summed E-state index contributed by atoms with van der Waals surface area (Å²) in [4.78, 5) is 12.6. The van der Waals surface area contributed by atoms with Crippen LogP contribution in [0.3, 0.4) is 0 Å². The van der Waals surface area contributed by atoms with Crippen LogP contribution in [-0.4, -0.2) is 23.8 Å². The summed E-state index contributed by atoms with van der Waals surface area (Å²) in [6.07, 6.45) is 9.88. The molecule has 0 fully saturated rings. The Morgan fingerprint density at radius 2 is 2.35 bits per heavy atom. The van der Waals surface area contributed by atoms with Crippen molar-refractivity contribution in [1.82, 2.24) is 10.3 Å². The molecule has 6 nitrogen and oxygen atoms in total. The fourth-order valence-electron chi connectivity index (χ4n) is 1.84. The van der Waals surface area contributed by atoms with Crippen molar-refractivity contribution >= 4 is 23.6 Å². The molecule has 2 heterocycles. The van der Waals surface area contributed by atoms with Crippen LogP contribution in [0.25, 0.3) is 5.70 Å². The predicted molar refractivity (Wildman–Crippen MR) is 94.2 cm³/mol. The van der Waals surface area contributed by atoms with Crippen LogP contribution in [0.4, 0.5) is 5.69 Å². The number of fused-ring (bicyclic) bond motifs is 1. The van der Waals surface area contributed by atoms with Gasteiger partial charge < -0.3 is 15.8 Å². The Labute approximate surface area is 135 Å². The van der Waals surface area contributed by atoms with Gasteiger partial charge >= 0.3 is 0 Å². The molecule has 0 unspecified atom stereocenters. The van der Waals surface area contributed by atoms with Crippen LogP contribution in [-0.2, 0) is 4.74 Å². The van der Waals surface area contributed by atoms with Crippen LogP contribution in [0.1, 0.15) is 12.5 Å². The molecule has 0 saturated heterocycles. The number of aromatic nitrogens is 1. The van der Waals surface area contributed by atoms with Gasteiger partial charge in [0.1, 0.15) is 0 Å². The van der Waals surface area contributed by atoms with Crippen molar-refractivity contribution in [2.75, 3.05) is 6.54 Å². The summed E-state index contributed by atoms with van der Waals surface area (Å²) in [7, 11) is 0. The molecule has 0 aromatic carbocycles. The van der Waals surface area contributed by atoms with Crippen LogP contribution in [0.15, 0.2) is 71.3 Å². The van der Waals surface area contributed by atoms with E-state index < -0.39 is 0 Å². The summed E-state index contributed by atoms with van der Waals surface area (Å²) in [6, 6.07) is 2.11. The Bertz CT molecular complexity index is 728. The highest BCUT2D eigenvalue weighted by Gasteiger charge is 2.16. The lowest BCUT2D eigenvalue weighted by atomic mass is 10.1. The maximum Gasteiger partial charge on any atom is 0.300 e. The zero-order valence-corrected chi connectivity index (χ0v) is 13.0. The van der Waals surface area contributed by atoms with Gasteiger partial charge in [0.05, 0.1) is 24.6 Å². The predicted octanol–water partition coefficient (Wildman–Crippen LogP) is 2.66. The first-order valence-corrected chi connectivity index (χ1v) is 7.04. The van der Waals surface area contributed by atoms with Gasteiger partial charge in [-0.1, -0.05) is 25.3 Å². The molecule has 3 N–H and O–H groups in total. The zero-order chi connectivity index (χ0) is 16.7. The standard InChI is InChI=1S/C17H19N5O/c1-4-13(5-2)9-20-10-14(8-18)23-17-21-12(3)15-6-7-19-11-16(15)22-17/h4-8,10-11H,1,3,9,18H2,2H3,(H,21,22)/b13-5+,14-8+,20-10?. The van der Waals surface area contributed by atoms with Gasteiger partial charge in [-0.05, 0) is 18.6 Å². The second kappa shape index (κ2) is 7.74. The molecule has 2 rings (SSSR count). The number of rotatable bonds is 5. The van der Waals surface area contributed by atoms with Gasteiger partial charge in [-0.2, -0.15) is 4.99 Å². The molecule has 1 aromatic rings. The molecule has 0 aliphatic carbocycles. The van der Waals surface area contributed by atoms with Gasteiger partial charge in [-0.15, -0.1) is 0 Å². The maximum atomic E-state index is 5.61. The first-order valence-electron chi connectivity index (χ1n) is 7.04. The highest BCUT2D eigenvalue weighted by molar-refractivity contribution is 5.95. The van der Waals surface area contributed by atoms with Gasteiger partial charge in [0.25, 0.3) is 6.02 Å². The Morgan fingerprint density at radius 1 is 1.52 bits per heavy atom. The van der Waals surface area contributed by atoms with E-state index in [4.69, 9.17) is 10.5 Å². The number of amidine groups is 1. The van der Waals surface area contributed by atoms with E-state index in [1.54, 1.807) is 24.7 Å². The third-order valence-electron chi connectivity index (χ3n) is 3.11. The minimum atomic E-state index is 0.272. The van der Waals surface area contributed by atoms with E-state index in [2.05, 4.69) is 33.4 Å². The molecule has 6 heteroatoms. The Balaban J connectivity index is 2.09. The number of allylic oxidation sites excluding steroid dienone is 2. The van der Waals surface area contributed by atoms with Gasteiger partial charge in [0.2, 0.25) is 0 Å². The van der Waals surface area contributed by atoms with E-state index in [9.17, 15) is 0 Å². The normalized spacial score (nSPS) is 15.0. The number of hydrogen-bond donors (Lipinski definition) is 2. The number of hydrogen-bond acceptors (Lipinski definition) is 6. The molecule has 0 amide bonds. The van der Waals surface area contributed by atoms with Crippen LogP contribution >= 0.6 is 0 Å². The van der Waals surface area contributed by atoms with Crippen molar-refractivity contribution in [2.24, 2.45) is 15.7 Å². The fourth-order valence-corrected chi connectivity index (χ4v) is 1.84. The number of nitrogens with two attached hydrogens (primary N) is 1. The lowest BCUT2D eigenvalue weighted by Gasteiger charge is -2.19. The van der Waals surface area contributed by atoms with Crippen molar-refractivity contribution in [3.8, 4) is 0 Å². The van der Waals surface area contributed by atoms with E-state index in [1.807, 2.05) is 19.1 Å². The minimum Gasteiger partial charge on any atom is -0.422 e. The SMILES string of the molecule is C=C/C(=C\C)CN=C/C(=C\N)OC1=Nc2cnccc2C(=C)N1. The molecule has 0 spiro atoms. The van der Waals surface area contributed by atoms with Crippen molar-refractivity contribution < 1.29 is 4.74 Å². The second-order valence-electron chi connectivity index (χ2n) is 4.62. The molecule has 1 aromatic heterocycles. The molecule has 1 aliphatic heterocycles. The molecule has 0 radical (unpaired) electrons. The summed E-state index contributed by atoms with van der Waals surface area (Å²) in [6.45, 7) is 10.1. The lowest BCUT2D eigenvalue weighted by molar-refractivity contribution is 0.429. The van der Waals surface area contributed by atoms with E-state index in [-0.39, 0.29) is 6.02 Å². The molecular weight excluding hydrogens is 290 g/mol. The van der Waals surface area contributed by atoms with Gasteiger partial charge in [-0.3, -0.25) is 9.98 Å². The van der Waals surface area contributed by atoms with Crippen LogP contribution in [0.2, 0.25) is 0 Å². The van der Waals surface area contributed by atoms with E-state index in [0.717, 1.165) is 11.1 Å². The molecule has 1 aliphatic rings. The lowest BCUT2D eigenvalue weighted by Crippen LogP contribution is -2.27. The first-order chi connectivity index (χ1) is 11.2. The van der Waals surface area contributed by atoms with Crippen molar-refractivity contribution in [2.45, 2.75) is 6.92 Å². The molecular formula is C17H19N5O. The van der Waals surface area contributed by atoms with Gasteiger partial charge in [0, 0.05) is 23.7 Å². The highest BCUT2D eigenvalue weighted by Crippen LogP contribution is 2.26. The summed E-state index contributed by atoms with van der Waals surface area (Å²) in [5.41, 5.74) is 8.83. The summed E-state index contributed by atoms with van der Waals surface area (Å²) < 4.78 is 5.61. The molecule has 0 saturated carbocycles. The molecule has 0 atom stereocenters. The third kappa shape index (κ3) is 4.16. The first kappa shape index (κ1) is 16.2. The molecule has 23 heavy (non-hydrogen) atoms. The number of ether oxygens (including phenoxy) is 1. The highest BCUT2D eigenvalue weighted by atomic mass is 16.5. The quantitative estimate of drug-likeness (QED) is 0.497. The van der Waals surface area contributed by atoms with Crippen molar-refractivity contribution in [3.63, 3.8) is 0 Å². The Hall–Kier alpha value is -3.15. The van der Waals surface area contributed by atoms with Crippen LogP contribution in [0.5, 0.6) is 0 Å². The van der Waals surface area contributed by atoms with E-state index in [1.165, 1.54) is 6.20 Å². The minimum absolute atomic E-state index is 0.272. The second-order valence-corrected chi connectivity index (χ2v) is 4.62. The van der Waals surface area contributed by atoms with Gasteiger partial charge in [-0.25, -0.2) is 0 Å². The summed E-state index contributed by atoms with van der Waals surface area (Å²) >= 11 is 0. The van der Waals surface area contributed by atoms with Gasteiger partial charge in [0.15, 0.2) is 5.76 Å². The smallest absolute Gasteiger partial charge is 0.300 e. The summed E-state index contributed by atoms with van der Waals surface area (Å²) in [5, 5.41) is 2.98. The van der Waals surface area contributed by atoms with E-state index >= 15 is 0 Å². The van der Waals surface area contributed by atoms with Crippen molar-refractivity contribution in [3.05, 3.63) is 66.9 Å². The molecule has 118 valence electrons. The third-order valence-corrected chi connectivity index (χ3v) is 3.11. The number of nitrogens with one attached hydrogen (secondary N) is 1. The topological polar surface area (TPSA) is 84.9 Å². The number of pyridine rings is 1. The summed E-state index contributed by atoms with van der Waals surface area (Å²) in [5.74, 6) is 0.371. The Kier molecular flexibility index (Phi) is 5.46. The monoisotopic (exact) mass is 309 g/mol. The number of nitrogens with zero attached hydrogens (tertiary/aromatic N) is 3. The average molecular weight is 309 g/mol. The van der Waals surface area contributed by atoms with Crippen LogP contribution in [0, 0.1) is 0 Å². The zero-order valence-electron chi connectivity index (χ0n) is 13.0. The fraction of sp³-hybridized carbons (Fsp3) is 0.118. The van der Waals surface area contributed by atoms with Crippen LogP contribution < -0.4 is 11.1 Å². The largest absolute Gasteiger partial charge is 0.422 e. The maximum absolute atomic E-state index is 5.61. The van der Waals surface area contributed by atoms with E-state index in [0.29, 0.717) is 23.7 Å². The molecule has 0 bridgehead atoms. The Morgan fingerprint density at radius 3 is 3.04 bits per heavy atom. The number of aliphatic imine (C=N–C) groups is 2. The average Bonchev–Trinajstić information content (AvgIpc) is 2.57. The van der Waals surface area contributed by atoms with Crippen molar-refractivity contribution in [1.29, 1.82) is 0 Å².